The van der Waals surface area contributed by atoms with Crippen molar-refractivity contribution >= 4 is 5.69 Å². The lowest BCUT2D eigenvalue weighted by Gasteiger charge is -2.28. The fraction of sp³-hybridized carbons (Fsp3) is 0.625. The molecule has 0 spiro atoms. The smallest absolute Gasteiger partial charge is 0.146 e. The molecular formula is C16H25FN2. The van der Waals surface area contributed by atoms with Crippen LogP contribution in [-0.4, -0.2) is 26.2 Å². The largest absolute Gasteiger partial charge is 0.371 e. The van der Waals surface area contributed by atoms with Gasteiger partial charge in [0.2, 0.25) is 0 Å². The van der Waals surface area contributed by atoms with Gasteiger partial charge in [-0.2, -0.15) is 0 Å². The van der Waals surface area contributed by atoms with Crippen molar-refractivity contribution in [3.8, 4) is 0 Å². The summed E-state index contributed by atoms with van der Waals surface area (Å²) >= 11 is 0. The molecule has 0 saturated heterocycles. The minimum atomic E-state index is -0.142. The molecule has 3 heteroatoms. The lowest BCUT2D eigenvalue weighted by Crippen LogP contribution is -2.38. The van der Waals surface area contributed by atoms with Crippen molar-refractivity contribution in [3.05, 3.63) is 30.1 Å². The van der Waals surface area contributed by atoms with Crippen molar-refractivity contribution in [1.29, 1.82) is 0 Å². The van der Waals surface area contributed by atoms with Crippen LogP contribution in [0, 0.1) is 11.7 Å². The van der Waals surface area contributed by atoms with Crippen LogP contribution in [0.25, 0.3) is 0 Å². The molecule has 1 aromatic rings. The molecule has 1 aromatic carbocycles. The van der Waals surface area contributed by atoms with Crippen LogP contribution >= 0.6 is 0 Å². The van der Waals surface area contributed by atoms with E-state index in [0.717, 1.165) is 19.0 Å². The lowest BCUT2D eigenvalue weighted by molar-refractivity contribution is 0.309. The Labute approximate surface area is 116 Å². The van der Waals surface area contributed by atoms with E-state index in [0.29, 0.717) is 11.7 Å². The number of hydrogen-bond acceptors (Lipinski definition) is 2. The van der Waals surface area contributed by atoms with E-state index in [-0.39, 0.29) is 5.82 Å². The monoisotopic (exact) mass is 264 g/mol. The first kappa shape index (κ1) is 14.3. The quantitative estimate of drug-likeness (QED) is 0.876. The third kappa shape index (κ3) is 4.20. The zero-order valence-corrected chi connectivity index (χ0v) is 12.0. The SMILES string of the molecule is CC1CCC(NCCN(C)c2ccccc2F)CC1. The zero-order valence-electron chi connectivity index (χ0n) is 12.0. The maximum absolute atomic E-state index is 13.6. The van der Waals surface area contributed by atoms with E-state index in [4.69, 9.17) is 0 Å². The molecule has 0 aromatic heterocycles. The van der Waals surface area contributed by atoms with Gasteiger partial charge < -0.3 is 10.2 Å². The van der Waals surface area contributed by atoms with Gasteiger partial charge in [0.25, 0.3) is 0 Å². The molecular weight excluding hydrogens is 239 g/mol. The van der Waals surface area contributed by atoms with Crippen LogP contribution in [0.1, 0.15) is 32.6 Å². The van der Waals surface area contributed by atoms with Crippen LogP contribution in [0.2, 0.25) is 0 Å². The summed E-state index contributed by atoms with van der Waals surface area (Å²) in [4.78, 5) is 1.98. The van der Waals surface area contributed by atoms with Crippen molar-refractivity contribution in [2.45, 2.75) is 38.6 Å². The average Bonchev–Trinajstić information content (AvgIpc) is 2.41. The van der Waals surface area contributed by atoms with Crippen LogP contribution < -0.4 is 10.2 Å². The molecule has 1 N–H and O–H groups in total. The van der Waals surface area contributed by atoms with E-state index >= 15 is 0 Å². The Morgan fingerprint density at radius 1 is 1.21 bits per heavy atom. The molecule has 0 bridgehead atoms. The number of hydrogen-bond donors (Lipinski definition) is 1. The van der Waals surface area contributed by atoms with Crippen LogP contribution in [0.3, 0.4) is 0 Å². The highest BCUT2D eigenvalue weighted by Gasteiger charge is 2.17. The standard InChI is InChI=1S/C16H25FN2/c1-13-7-9-14(10-8-13)18-11-12-19(2)16-6-4-3-5-15(16)17/h3-6,13-14,18H,7-12H2,1-2H3. The molecule has 2 rings (SSSR count). The zero-order chi connectivity index (χ0) is 13.7. The third-order valence-corrected chi connectivity index (χ3v) is 4.16. The summed E-state index contributed by atoms with van der Waals surface area (Å²) in [6, 6.07) is 7.61. The van der Waals surface area contributed by atoms with Gasteiger partial charge >= 0.3 is 0 Å². The second-order valence-electron chi connectivity index (χ2n) is 5.78. The summed E-state index contributed by atoms with van der Waals surface area (Å²) in [6.45, 7) is 4.10. The highest BCUT2D eigenvalue weighted by atomic mass is 19.1. The topological polar surface area (TPSA) is 15.3 Å². The molecule has 0 aliphatic heterocycles. The molecule has 1 saturated carbocycles. The van der Waals surface area contributed by atoms with Crippen molar-refractivity contribution < 1.29 is 4.39 Å². The van der Waals surface area contributed by atoms with Crippen molar-refractivity contribution in [2.24, 2.45) is 5.92 Å². The predicted molar refractivity (Wildman–Crippen MR) is 79.1 cm³/mol. The van der Waals surface area contributed by atoms with Gasteiger partial charge in [0.1, 0.15) is 5.82 Å². The van der Waals surface area contributed by atoms with Gasteiger partial charge in [-0.05, 0) is 43.7 Å². The lowest BCUT2D eigenvalue weighted by atomic mass is 9.87. The molecule has 0 amide bonds. The van der Waals surface area contributed by atoms with Gasteiger partial charge in [-0.1, -0.05) is 19.1 Å². The molecule has 1 aliphatic rings. The molecule has 0 atom stereocenters. The summed E-state index contributed by atoms with van der Waals surface area (Å²) in [7, 11) is 1.95. The summed E-state index contributed by atoms with van der Waals surface area (Å²) < 4.78 is 13.6. The molecule has 1 aliphatic carbocycles. The Balaban J connectivity index is 1.72. The predicted octanol–water partition coefficient (Wildman–Crippen LogP) is 3.43. The highest BCUT2D eigenvalue weighted by molar-refractivity contribution is 5.46. The van der Waals surface area contributed by atoms with Gasteiger partial charge in [0, 0.05) is 26.2 Å². The van der Waals surface area contributed by atoms with Crippen molar-refractivity contribution in [2.75, 3.05) is 25.0 Å². The average molecular weight is 264 g/mol. The Kier molecular flexibility index (Phi) is 5.20. The fourth-order valence-electron chi connectivity index (χ4n) is 2.78. The first-order chi connectivity index (χ1) is 9.16. The van der Waals surface area contributed by atoms with Gasteiger partial charge in [-0.15, -0.1) is 0 Å². The van der Waals surface area contributed by atoms with Crippen LogP contribution in [-0.2, 0) is 0 Å². The number of benzene rings is 1. The first-order valence-corrected chi connectivity index (χ1v) is 7.36. The Bertz CT molecular complexity index is 386. The second kappa shape index (κ2) is 6.90. The van der Waals surface area contributed by atoms with E-state index in [1.807, 2.05) is 24.1 Å². The van der Waals surface area contributed by atoms with Crippen molar-refractivity contribution in [1.82, 2.24) is 5.32 Å². The van der Waals surface area contributed by atoms with E-state index < -0.39 is 0 Å². The second-order valence-corrected chi connectivity index (χ2v) is 5.78. The number of likely N-dealkylation sites (N-methyl/N-ethyl adjacent to an activating group) is 1. The summed E-state index contributed by atoms with van der Waals surface area (Å²) in [5, 5.41) is 3.60. The third-order valence-electron chi connectivity index (χ3n) is 4.16. The molecule has 0 unspecified atom stereocenters. The number of anilines is 1. The number of nitrogens with one attached hydrogen (secondary N) is 1. The number of para-hydroxylation sites is 1. The van der Waals surface area contributed by atoms with Crippen LogP contribution in [0.15, 0.2) is 24.3 Å². The Morgan fingerprint density at radius 3 is 2.58 bits per heavy atom. The van der Waals surface area contributed by atoms with Gasteiger partial charge in [0.05, 0.1) is 5.69 Å². The highest BCUT2D eigenvalue weighted by Crippen LogP contribution is 2.23. The molecule has 0 radical (unpaired) electrons. The summed E-state index contributed by atoms with van der Waals surface area (Å²) in [5.41, 5.74) is 0.682. The molecule has 19 heavy (non-hydrogen) atoms. The first-order valence-electron chi connectivity index (χ1n) is 7.36. The number of rotatable bonds is 5. The minimum Gasteiger partial charge on any atom is -0.371 e. The van der Waals surface area contributed by atoms with Crippen molar-refractivity contribution in [3.63, 3.8) is 0 Å². The number of halogens is 1. The van der Waals surface area contributed by atoms with E-state index in [2.05, 4.69) is 12.2 Å². The van der Waals surface area contributed by atoms with Gasteiger partial charge in [0.15, 0.2) is 0 Å². The van der Waals surface area contributed by atoms with Crippen LogP contribution in [0.5, 0.6) is 0 Å². The molecule has 0 heterocycles. The Hall–Kier alpha value is -1.09. The summed E-state index contributed by atoms with van der Waals surface area (Å²) in [5.74, 6) is 0.746. The minimum absolute atomic E-state index is 0.142. The van der Waals surface area contributed by atoms with E-state index in [1.165, 1.54) is 31.7 Å². The number of nitrogens with zero attached hydrogens (tertiary/aromatic N) is 1. The van der Waals surface area contributed by atoms with Gasteiger partial charge in [-0.25, -0.2) is 4.39 Å². The fourth-order valence-corrected chi connectivity index (χ4v) is 2.78. The van der Waals surface area contributed by atoms with E-state index in [1.54, 1.807) is 6.07 Å². The van der Waals surface area contributed by atoms with Crippen LogP contribution in [0.4, 0.5) is 10.1 Å². The van der Waals surface area contributed by atoms with Gasteiger partial charge in [-0.3, -0.25) is 0 Å². The molecule has 2 nitrogen and oxygen atoms in total. The summed E-state index contributed by atoms with van der Waals surface area (Å²) in [6.07, 6.45) is 5.23. The molecule has 106 valence electrons. The van der Waals surface area contributed by atoms with E-state index in [9.17, 15) is 4.39 Å². The molecule has 1 fully saturated rings. The normalized spacial score (nSPS) is 23.3. The maximum atomic E-state index is 13.6. The maximum Gasteiger partial charge on any atom is 0.146 e. The Morgan fingerprint density at radius 2 is 1.89 bits per heavy atom.